The van der Waals surface area contributed by atoms with E-state index in [1.807, 2.05) is 42.5 Å². The second-order valence-corrected chi connectivity index (χ2v) is 14.1. The zero-order valence-electron chi connectivity index (χ0n) is 32.7. The number of H-pyrrole nitrogens is 2. The van der Waals surface area contributed by atoms with Gasteiger partial charge in [0.1, 0.15) is 23.7 Å². The maximum atomic E-state index is 13.5. The Morgan fingerprint density at radius 2 is 1.22 bits per heavy atom. The SMILES string of the molecule is COCC(NC(=O)OC)C(=O)N1CCCC1c1ncc(-c2ccc(-c3cnc(-c4ccc5nc(C6CCCN6C(=O)C(COC)NC(=O)OC)[nH]c5c4)cn3)cc2)[nH]1. The molecule has 0 aliphatic carbocycles. The van der Waals surface area contributed by atoms with Crippen LogP contribution in [0.15, 0.2) is 61.1 Å². The van der Waals surface area contributed by atoms with Crippen LogP contribution in [0.4, 0.5) is 9.59 Å². The third-order valence-electron chi connectivity index (χ3n) is 10.5. The van der Waals surface area contributed by atoms with E-state index >= 15 is 0 Å². The van der Waals surface area contributed by atoms with E-state index in [1.165, 1.54) is 28.4 Å². The molecule has 4 atom stereocenters. The number of nitrogens with zero attached hydrogens (tertiary/aromatic N) is 6. The van der Waals surface area contributed by atoms with Gasteiger partial charge in [0.05, 0.1) is 86.2 Å². The molecule has 7 rings (SSSR count). The van der Waals surface area contributed by atoms with E-state index in [0.29, 0.717) is 36.1 Å². The van der Waals surface area contributed by atoms with Gasteiger partial charge in [-0.2, -0.15) is 0 Å². The molecule has 304 valence electrons. The third kappa shape index (κ3) is 8.47. The molecular formula is C40H46N10O8. The Bertz CT molecular complexity index is 2240. The molecule has 4 unspecified atom stereocenters. The number of fused-ring (bicyclic) bond motifs is 1. The highest BCUT2D eigenvalue weighted by Crippen LogP contribution is 2.34. The lowest BCUT2D eigenvalue weighted by molar-refractivity contribution is -0.136. The van der Waals surface area contributed by atoms with Crippen molar-refractivity contribution in [3.05, 3.63) is 72.7 Å². The van der Waals surface area contributed by atoms with Crippen LogP contribution in [0.5, 0.6) is 0 Å². The highest BCUT2D eigenvalue weighted by molar-refractivity contribution is 5.87. The minimum atomic E-state index is -0.882. The molecule has 2 aromatic carbocycles. The van der Waals surface area contributed by atoms with E-state index in [4.69, 9.17) is 33.9 Å². The van der Waals surface area contributed by atoms with Gasteiger partial charge in [0, 0.05) is 38.4 Å². The molecule has 5 heterocycles. The molecule has 0 radical (unpaired) electrons. The van der Waals surface area contributed by atoms with Crippen molar-refractivity contribution in [2.24, 2.45) is 0 Å². The lowest BCUT2D eigenvalue weighted by atomic mass is 10.1. The number of aromatic amines is 2. The largest absolute Gasteiger partial charge is 0.453 e. The van der Waals surface area contributed by atoms with Crippen LogP contribution in [0.1, 0.15) is 49.4 Å². The Morgan fingerprint density at radius 1 is 0.690 bits per heavy atom. The van der Waals surface area contributed by atoms with E-state index in [2.05, 4.69) is 25.6 Å². The first-order valence-corrected chi connectivity index (χ1v) is 19.0. The number of carbonyl (C=O) groups excluding carboxylic acids is 4. The number of imidazole rings is 2. The average molecular weight is 795 g/mol. The first-order chi connectivity index (χ1) is 28.2. The van der Waals surface area contributed by atoms with Gasteiger partial charge in [-0.25, -0.2) is 19.6 Å². The molecule has 4 N–H and O–H groups in total. The Labute approximate surface area is 334 Å². The monoisotopic (exact) mass is 794 g/mol. The van der Waals surface area contributed by atoms with Crippen LogP contribution in [0.25, 0.3) is 44.8 Å². The number of methoxy groups -OCH3 is 4. The van der Waals surface area contributed by atoms with Crippen LogP contribution in [-0.2, 0) is 28.5 Å². The lowest BCUT2D eigenvalue weighted by Crippen LogP contribution is -2.50. The molecule has 2 saturated heterocycles. The summed E-state index contributed by atoms with van der Waals surface area (Å²) < 4.78 is 19.8. The average Bonchev–Trinajstić information content (AvgIpc) is 4.09. The molecule has 58 heavy (non-hydrogen) atoms. The summed E-state index contributed by atoms with van der Waals surface area (Å²) in [4.78, 5) is 79.7. The Kier molecular flexibility index (Phi) is 12.2. The lowest BCUT2D eigenvalue weighted by Gasteiger charge is -2.27. The maximum absolute atomic E-state index is 13.5. The number of alkyl carbamates (subject to hydrolysis) is 2. The van der Waals surface area contributed by atoms with Gasteiger partial charge in [-0.3, -0.25) is 19.6 Å². The van der Waals surface area contributed by atoms with Crippen LogP contribution in [0.3, 0.4) is 0 Å². The predicted molar refractivity (Wildman–Crippen MR) is 210 cm³/mol. The summed E-state index contributed by atoms with van der Waals surface area (Å²) in [5, 5.41) is 5.13. The van der Waals surface area contributed by atoms with Crippen LogP contribution in [-0.4, -0.2) is 131 Å². The fraction of sp³-hybridized carbons (Fsp3) is 0.400. The number of rotatable bonds is 13. The van der Waals surface area contributed by atoms with Crippen LogP contribution >= 0.6 is 0 Å². The number of carbonyl (C=O) groups is 4. The molecule has 18 nitrogen and oxygen atoms in total. The molecule has 4 amide bonds. The van der Waals surface area contributed by atoms with Gasteiger partial charge in [-0.15, -0.1) is 0 Å². The van der Waals surface area contributed by atoms with Crippen molar-refractivity contribution in [2.75, 3.05) is 54.7 Å². The van der Waals surface area contributed by atoms with Crippen molar-refractivity contribution in [3.8, 4) is 33.8 Å². The van der Waals surface area contributed by atoms with Gasteiger partial charge >= 0.3 is 12.2 Å². The van der Waals surface area contributed by atoms with Crippen LogP contribution < -0.4 is 10.6 Å². The molecule has 5 aromatic rings. The van der Waals surface area contributed by atoms with Crippen molar-refractivity contribution in [1.29, 1.82) is 0 Å². The Morgan fingerprint density at radius 3 is 1.78 bits per heavy atom. The van der Waals surface area contributed by atoms with Crippen LogP contribution in [0.2, 0.25) is 0 Å². The maximum Gasteiger partial charge on any atom is 0.407 e. The van der Waals surface area contributed by atoms with Crippen LogP contribution in [0, 0.1) is 0 Å². The minimum absolute atomic E-state index is 0.0147. The van der Waals surface area contributed by atoms with Crippen molar-refractivity contribution in [2.45, 2.75) is 49.9 Å². The zero-order valence-corrected chi connectivity index (χ0v) is 32.7. The summed E-state index contributed by atoms with van der Waals surface area (Å²) in [5.41, 5.74) is 6.40. The van der Waals surface area contributed by atoms with Crippen molar-refractivity contribution in [3.63, 3.8) is 0 Å². The van der Waals surface area contributed by atoms with Gasteiger partial charge in [0.25, 0.3) is 0 Å². The second-order valence-electron chi connectivity index (χ2n) is 14.1. The van der Waals surface area contributed by atoms with E-state index < -0.39 is 24.3 Å². The normalized spacial score (nSPS) is 17.6. The fourth-order valence-corrected chi connectivity index (χ4v) is 7.56. The Balaban J connectivity index is 1.01. The van der Waals surface area contributed by atoms with Gasteiger partial charge in [0.15, 0.2) is 0 Å². The van der Waals surface area contributed by atoms with Gasteiger partial charge in [-0.05, 0) is 43.4 Å². The first-order valence-electron chi connectivity index (χ1n) is 19.0. The predicted octanol–water partition coefficient (Wildman–Crippen LogP) is 4.15. The number of aromatic nitrogens is 6. The Hall–Kier alpha value is -6.40. The molecule has 2 fully saturated rings. The zero-order chi connectivity index (χ0) is 40.8. The molecule has 0 saturated carbocycles. The van der Waals surface area contributed by atoms with Gasteiger partial charge in [-0.1, -0.05) is 30.3 Å². The molecule has 0 spiro atoms. The topological polar surface area (TPSA) is 219 Å². The summed E-state index contributed by atoms with van der Waals surface area (Å²) in [6, 6.07) is 11.4. The minimum Gasteiger partial charge on any atom is -0.453 e. The molecule has 0 bridgehead atoms. The molecule has 2 aliphatic heterocycles. The van der Waals surface area contributed by atoms with Crippen molar-refractivity contribution >= 4 is 35.0 Å². The number of likely N-dealkylation sites (tertiary alicyclic amines) is 2. The van der Waals surface area contributed by atoms with Gasteiger partial charge < -0.3 is 49.3 Å². The van der Waals surface area contributed by atoms with Crippen molar-refractivity contribution < 1.29 is 38.1 Å². The standard InChI is InChI=1S/C40H46N10O8/c1-55-21-31(47-39(53)57-3)37(51)49-15-5-7-33(49)35-43-20-30(46-35)24-11-9-23(10-12-24)28-18-42-29(19-41-28)25-13-14-26-27(17-25)45-36(44-26)34-8-6-16-50(34)38(52)32(22-56-2)48-40(54)58-4/h9-14,17-20,31-34H,5-8,15-16,21-22H2,1-4H3,(H,43,46)(H,44,45)(H,47,53)(H,48,54). The first kappa shape index (κ1) is 39.8. The molecule has 3 aromatic heterocycles. The summed E-state index contributed by atoms with van der Waals surface area (Å²) >= 11 is 0. The van der Waals surface area contributed by atoms with E-state index in [1.54, 1.807) is 28.4 Å². The number of amides is 4. The highest BCUT2D eigenvalue weighted by Gasteiger charge is 2.38. The summed E-state index contributed by atoms with van der Waals surface area (Å²) in [6.07, 6.45) is 6.88. The summed E-state index contributed by atoms with van der Waals surface area (Å²) in [7, 11) is 5.44. The van der Waals surface area contributed by atoms with E-state index in [0.717, 1.165) is 59.1 Å². The van der Waals surface area contributed by atoms with Gasteiger partial charge in [0.2, 0.25) is 11.8 Å². The van der Waals surface area contributed by atoms with Crippen molar-refractivity contribution in [1.82, 2.24) is 50.3 Å². The highest BCUT2D eigenvalue weighted by atomic mass is 16.5. The molecule has 18 heteroatoms. The number of nitrogens with one attached hydrogen (secondary N) is 4. The molecule has 2 aliphatic rings. The van der Waals surface area contributed by atoms with E-state index in [-0.39, 0.29) is 37.1 Å². The number of benzene rings is 2. The third-order valence-corrected chi connectivity index (χ3v) is 10.5. The smallest absolute Gasteiger partial charge is 0.407 e. The molecular weight excluding hydrogens is 749 g/mol. The summed E-state index contributed by atoms with van der Waals surface area (Å²) in [5.74, 6) is 0.815. The quantitative estimate of drug-likeness (QED) is 0.132. The van der Waals surface area contributed by atoms with E-state index in [9.17, 15) is 19.2 Å². The second kappa shape index (κ2) is 17.8. The number of hydrogen-bond donors (Lipinski definition) is 4. The summed E-state index contributed by atoms with van der Waals surface area (Å²) in [6.45, 7) is 1.10. The number of hydrogen-bond acceptors (Lipinski definition) is 12. The fourth-order valence-electron chi connectivity index (χ4n) is 7.56. The number of ether oxygens (including phenoxy) is 4.